The number of carboxylic acids is 1. The molecule has 1 unspecified atom stereocenters. The number of rotatable bonds is 3. The number of hydrogen-bond donors (Lipinski definition) is 1. The maximum absolute atomic E-state index is 12.0. The van der Waals surface area contributed by atoms with E-state index in [1.54, 1.807) is 21.1 Å². The van der Waals surface area contributed by atoms with Crippen molar-refractivity contribution >= 4 is 23.2 Å². The fourth-order valence-electron chi connectivity index (χ4n) is 2.67. The van der Waals surface area contributed by atoms with Crippen LogP contribution in [0.2, 0.25) is 0 Å². The number of aliphatic carboxylic acids is 1. The number of nitrogens with zero attached hydrogens (tertiary/aromatic N) is 2. The molecule has 1 amide bonds. The minimum Gasteiger partial charge on any atom is -0.480 e. The van der Waals surface area contributed by atoms with Gasteiger partial charge in [0, 0.05) is 24.5 Å². The summed E-state index contributed by atoms with van der Waals surface area (Å²) in [5, 5.41) is 11.4. The number of hydrogen-bond acceptors (Lipinski definition) is 4. The summed E-state index contributed by atoms with van der Waals surface area (Å²) in [6.07, 6.45) is 1.90. The van der Waals surface area contributed by atoms with Crippen molar-refractivity contribution in [1.82, 2.24) is 9.80 Å². The van der Waals surface area contributed by atoms with Crippen molar-refractivity contribution in [2.45, 2.75) is 18.9 Å². The average molecular weight is 280 g/mol. The van der Waals surface area contributed by atoms with Gasteiger partial charge in [0.2, 0.25) is 5.91 Å². The third-order valence-corrected chi connectivity index (χ3v) is 4.84. The molecule has 1 aromatic heterocycles. The largest absolute Gasteiger partial charge is 0.480 e. The normalized spacial score (nSPS) is 22.7. The smallest absolute Gasteiger partial charge is 0.325 e. The first kappa shape index (κ1) is 12.6. The summed E-state index contributed by atoms with van der Waals surface area (Å²) in [5.74, 6) is -0.813. The number of likely N-dealkylation sites (tertiary alicyclic amines) is 1. The van der Waals surface area contributed by atoms with Crippen molar-refractivity contribution in [3.63, 3.8) is 0 Å². The van der Waals surface area contributed by atoms with Crippen molar-refractivity contribution in [3.8, 4) is 0 Å². The van der Waals surface area contributed by atoms with Crippen molar-refractivity contribution in [1.29, 1.82) is 0 Å². The monoisotopic (exact) mass is 280 g/mol. The van der Waals surface area contributed by atoms with Crippen LogP contribution in [0.15, 0.2) is 11.4 Å². The van der Waals surface area contributed by atoms with Crippen LogP contribution in [0.4, 0.5) is 0 Å². The highest BCUT2D eigenvalue weighted by molar-refractivity contribution is 7.10. The van der Waals surface area contributed by atoms with Crippen molar-refractivity contribution in [3.05, 3.63) is 21.9 Å². The van der Waals surface area contributed by atoms with Gasteiger partial charge in [0.1, 0.15) is 6.04 Å². The zero-order chi connectivity index (χ0) is 13.4. The molecule has 3 heterocycles. The second-order valence-electron chi connectivity index (χ2n) is 4.99. The van der Waals surface area contributed by atoms with Crippen LogP contribution in [-0.4, -0.2) is 53.0 Å². The Morgan fingerprint density at radius 3 is 2.79 bits per heavy atom. The van der Waals surface area contributed by atoms with Gasteiger partial charge in [-0.3, -0.25) is 14.5 Å². The maximum Gasteiger partial charge on any atom is 0.325 e. The topological polar surface area (TPSA) is 60.9 Å². The third-order valence-electron chi connectivity index (χ3n) is 3.85. The van der Waals surface area contributed by atoms with Gasteiger partial charge in [-0.1, -0.05) is 0 Å². The molecule has 5 nitrogen and oxygen atoms in total. The molecule has 2 aliphatic heterocycles. The molecule has 1 aromatic rings. The molecule has 1 N–H and O–H groups in total. The molecule has 3 rings (SSSR count). The quantitative estimate of drug-likeness (QED) is 0.896. The van der Waals surface area contributed by atoms with Gasteiger partial charge in [0.15, 0.2) is 0 Å². The van der Waals surface area contributed by atoms with Crippen LogP contribution in [0.3, 0.4) is 0 Å². The Labute approximate surface area is 115 Å². The Balaban J connectivity index is 1.77. The Bertz CT molecular complexity index is 510. The van der Waals surface area contributed by atoms with E-state index in [2.05, 4.69) is 0 Å². The summed E-state index contributed by atoms with van der Waals surface area (Å²) in [7, 11) is 0. The molecule has 1 atom stereocenters. The summed E-state index contributed by atoms with van der Waals surface area (Å²) in [6.45, 7) is 2.48. The minimum absolute atomic E-state index is 0.0520. The van der Waals surface area contributed by atoms with Crippen LogP contribution in [0.5, 0.6) is 0 Å². The summed E-state index contributed by atoms with van der Waals surface area (Å²) in [6, 6.07) is 1.21. The standard InChI is InChI=1S/C13H16N2O3S/c16-11(14-4-1-5-14)8-15-6-2-10-9(3-7-19-10)12(15)13(17)18/h3,7,12H,1-2,4-6,8H2,(H,17,18). The predicted molar refractivity (Wildman–Crippen MR) is 71.2 cm³/mol. The van der Waals surface area contributed by atoms with E-state index in [4.69, 9.17) is 0 Å². The molecule has 0 bridgehead atoms. The van der Waals surface area contributed by atoms with E-state index in [1.165, 1.54) is 0 Å². The Morgan fingerprint density at radius 1 is 1.37 bits per heavy atom. The molecule has 2 aliphatic rings. The molecule has 0 aromatic carbocycles. The molecule has 0 radical (unpaired) electrons. The molecular formula is C13H16N2O3S. The van der Waals surface area contributed by atoms with E-state index >= 15 is 0 Å². The van der Waals surface area contributed by atoms with Crippen molar-refractivity contribution in [2.24, 2.45) is 0 Å². The number of fused-ring (bicyclic) bond motifs is 1. The predicted octanol–water partition coefficient (Wildman–Crippen LogP) is 0.964. The fourth-order valence-corrected chi connectivity index (χ4v) is 3.57. The van der Waals surface area contributed by atoms with Crippen molar-refractivity contribution < 1.29 is 14.7 Å². The van der Waals surface area contributed by atoms with Gasteiger partial charge in [0.25, 0.3) is 0 Å². The summed E-state index contributed by atoms with van der Waals surface area (Å²) in [5.41, 5.74) is 0.861. The highest BCUT2D eigenvalue weighted by Crippen LogP contribution is 2.33. The van der Waals surface area contributed by atoms with Crippen LogP contribution in [-0.2, 0) is 16.0 Å². The summed E-state index contributed by atoms with van der Waals surface area (Å²) < 4.78 is 0. The lowest BCUT2D eigenvalue weighted by Gasteiger charge is -2.36. The van der Waals surface area contributed by atoms with E-state index in [0.29, 0.717) is 6.54 Å². The van der Waals surface area contributed by atoms with Crippen LogP contribution < -0.4 is 0 Å². The van der Waals surface area contributed by atoms with Crippen LogP contribution >= 0.6 is 11.3 Å². The SMILES string of the molecule is O=C(O)C1c2ccsc2CCN1CC(=O)N1CCC1. The Kier molecular flexibility index (Phi) is 3.28. The first-order chi connectivity index (χ1) is 9.16. The van der Waals surface area contributed by atoms with Gasteiger partial charge in [-0.15, -0.1) is 11.3 Å². The number of amides is 1. The summed E-state index contributed by atoms with van der Waals surface area (Å²) >= 11 is 1.60. The van der Waals surface area contributed by atoms with Gasteiger partial charge in [0.05, 0.1) is 6.54 Å². The minimum atomic E-state index is -0.865. The highest BCUT2D eigenvalue weighted by Gasteiger charge is 2.35. The highest BCUT2D eigenvalue weighted by atomic mass is 32.1. The number of thiophene rings is 1. The molecule has 6 heteroatoms. The lowest BCUT2D eigenvalue weighted by molar-refractivity contribution is -0.146. The van der Waals surface area contributed by atoms with Crippen LogP contribution in [0, 0.1) is 0 Å². The van der Waals surface area contributed by atoms with E-state index in [1.807, 2.05) is 11.4 Å². The Morgan fingerprint density at radius 2 is 2.16 bits per heavy atom. The van der Waals surface area contributed by atoms with E-state index in [9.17, 15) is 14.7 Å². The maximum atomic E-state index is 12.0. The molecule has 0 spiro atoms. The van der Waals surface area contributed by atoms with Gasteiger partial charge in [-0.25, -0.2) is 0 Å². The van der Waals surface area contributed by atoms with E-state index < -0.39 is 12.0 Å². The van der Waals surface area contributed by atoms with Gasteiger partial charge in [-0.05, 0) is 29.9 Å². The number of carboxylic acid groups (broad SMARTS) is 1. The number of carbonyl (C=O) groups excluding carboxylic acids is 1. The van der Waals surface area contributed by atoms with E-state index in [0.717, 1.165) is 36.4 Å². The van der Waals surface area contributed by atoms with Gasteiger partial charge in [-0.2, -0.15) is 0 Å². The summed E-state index contributed by atoms with van der Waals surface area (Å²) in [4.78, 5) is 28.2. The molecule has 19 heavy (non-hydrogen) atoms. The third kappa shape index (κ3) is 2.26. The van der Waals surface area contributed by atoms with Gasteiger partial charge < -0.3 is 10.0 Å². The molecule has 1 fully saturated rings. The molecular weight excluding hydrogens is 264 g/mol. The lowest BCUT2D eigenvalue weighted by atomic mass is 10.00. The van der Waals surface area contributed by atoms with E-state index in [-0.39, 0.29) is 12.5 Å². The molecule has 102 valence electrons. The zero-order valence-corrected chi connectivity index (χ0v) is 11.4. The Hall–Kier alpha value is -1.40. The molecule has 0 saturated carbocycles. The van der Waals surface area contributed by atoms with Gasteiger partial charge >= 0.3 is 5.97 Å². The molecule has 0 aliphatic carbocycles. The lowest BCUT2D eigenvalue weighted by Crippen LogP contribution is -2.50. The number of carbonyl (C=O) groups is 2. The average Bonchev–Trinajstić information content (AvgIpc) is 2.73. The second kappa shape index (κ2) is 4.94. The molecule has 1 saturated heterocycles. The second-order valence-corrected chi connectivity index (χ2v) is 6.00. The van der Waals surface area contributed by atoms with Crippen LogP contribution in [0.1, 0.15) is 22.9 Å². The van der Waals surface area contributed by atoms with Crippen LogP contribution in [0.25, 0.3) is 0 Å². The zero-order valence-electron chi connectivity index (χ0n) is 10.5. The first-order valence-electron chi connectivity index (χ1n) is 6.47. The first-order valence-corrected chi connectivity index (χ1v) is 7.35. The fraction of sp³-hybridized carbons (Fsp3) is 0.538. The van der Waals surface area contributed by atoms with Crippen molar-refractivity contribution in [2.75, 3.05) is 26.2 Å².